The zero-order valence-electron chi connectivity index (χ0n) is 18.1. The molecular formula is C22H20Cl3GeN2O6P. The number of hydrogen-bond donors (Lipinski definition) is 1. The number of para-hydroxylation sites is 2. The Kier molecular flexibility index (Phi) is 9.49. The van der Waals surface area contributed by atoms with Gasteiger partial charge in [0.15, 0.2) is 0 Å². The molecule has 184 valence electrons. The molecule has 8 nitrogen and oxygen atoms in total. The van der Waals surface area contributed by atoms with E-state index in [-0.39, 0.29) is 34.4 Å². The number of carbonyl (C=O) groups is 1. The topological polar surface area (TPSA) is 108 Å². The first-order chi connectivity index (χ1) is 16.6. The Labute approximate surface area is 217 Å². The monoisotopic (exact) mass is 618 g/mol. The van der Waals surface area contributed by atoms with Crippen LogP contribution in [0.5, 0.6) is 11.5 Å². The zero-order valence-corrected chi connectivity index (χ0v) is 23.3. The average molecular weight is 618 g/mol. The summed E-state index contributed by atoms with van der Waals surface area (Å²) in [6, 6.07) is 21.9. The van der Waals surface area contributed by atoms with Crippen molar-refractivity contribution in [1.82, 2.24) is 5.32 Å². The molecule has 0 saturated carbocycles. The van der Waals surface area contributed by atoms with Crippen molar-refractivity contribution in [1.29, 1.82) is 0 Å². The number of nitrogens with zero attached hydrogens (tertiary/aromatic N) is 1. The fourth-order valence-electron chi connectivity index (χ4n) is 3.01. The van der Waals surface area contributed by atoms with Crippen LogP contribution in [-0.2, 0) is 9.36 Å². The zero-order chi connectivity index (χ0) is 25.5. The second-order valence-corrected chi connectivity index (χ2v) is 26.0. The Balaban J connectivity index is 2.06. The molecule has 35 heavy (non-hydrogen) atoms. The van der Waals surface area contributed by atoms with Gasteiger partial charge in [0.2, 0.25) is 0 Å². The van der Waals surface area contributed by atoms with E-state index < -0.39 is 34.7 Å². The van der Waals surface area contributed by atoms with Gasteiger partial charge in [-0.2, -0.15) is 0 Å². The third kappa shape index (κ3) is 8.44. The molecule has 13 heteroatoms. The van der Waals surface area contributed by atoms with Gasteiger partial charge in [-0.25, -0.2) is 0 Å². The fraction of sp³-hybridized carbons (Fsp3) is 0.136. The number of nitro benzene ring substituents is 1. The quantitative estimate of drug-likeness (QED) is 0.106. The van der Waals surface area contributed by atoms with Crippen LogP contribution in [0.2, 0.25) is 5.25 Å². The van der Waals surface area contributed by atoms with Crippen LogP contribution in [0.3, 0.4) is 0 Å². The maximum absolute atomic E-state index is 14.4. The summed E-state index contributed by atoms with van der Waals surface area (Å²) in [4.78, 5) is 23.6. The van der Waals surface area contributed by atoms with Crippen LogP contribution in [0.15, 0.2) is 84.9 Å². The number of non-ortho nitro benzene ring substituents is 1. The van der Waals surface area contributed by atoms with Crippen molar-refractivity contribution >= 4 is 59.7 Å². The van der Waals surface area contributed by atoms with E-state index in [0.29, 0.717) is 0 Å². The van der Waals surface area contributed by atoms with Crippen molar-refractivity contribution in [2.45, 2.75) is 17.5 Å². The molecule has 0 aliphatic carbocycles. The maximum atomic E-state index is 14.4. The number of amides is 1. The Morgan fingerprint density at radius 1 is 0.943 bits per heavy atom. The normalized spacial score (nSPS) is 12.4. The first-order valence-electron chi connectivity index (χ1n) is 10.3. The number of halogens is 3. The molecule has 3 aromatic rings. The molecule has 1 N–H and O–H groups in total. The van der Waals surface area contributed by atoms with Gasteiger partial charge in [0.25, 0.3) is 0 Å². The Hall–Kier alpha value is -2.23. The van der Waals surface area contributed by atoms with E-state index in [4.69, 9.17) is 39.1 Å². The van der Waals surface area contributed by atoms with Crippen molar-refractivity contribution in [3.63, 3.8) is 0 Å². The molecule has 0 fully saturated rings. The van der Waals surface area contributed by atoms with Gasteiger partial charge in [-0.1, -0.05) is 0 Å². The minimum absolute atomic E-state index is 0.0710. The van der Waals surface area contributed by atoms with Crippen LogP contribution in [0.4, 0.5) is 5.69 Å². The number of nitro groups is 1. The molecule has 0 saturated heterocycles. The van der Waals surface area contributed by atoms with Crippen LogP contribution in [-0.4, -0.2) is 21.3 Å². The predicted octanol–water partition coefficient (Wildman–Crippen LogP) is 7.11. The summed E-state index contributed by atoms with van der Waals surface area (Å²) in [5.41, 5.74) is -0.109. The SMILES string of the molecule is O=C(C[CH2][Ge]([Cl])([Cl])[Cl])NC(c1cccc([N+](=O)[O-])c1)P(=O)(Oc1ccccc1)Oc1ccccc1. The molecule has 0 aliphatic rings. The first kappa shape index (κ1) is 27.4. The molecule has 0 bridgehead atoms. The summed E-state index contributed by atoms with van der Waals surface area (Å²) < 4.78 is 26.1. The summed E-state index contributed by atoms with van der Waals surface area (Å²) in [5, 5.41) is 14.1. The molecule has 1 atom stereocenters. The van der Waals surface area contributed by atoms with Gasteiger partial charge in [0, 0.05) is 0 Å². The van der Waals surface area contributed by atoms with Crippen LogP contribution in [0, 0.1) is 10.1 Å². The minimum atomic E-state index is -4.30. The van der Waals surface area contributed by atoms with E-state index >= 15 is 0 Å². The van der Waals surface area contributed by atoms with Gasteiger partial charge >= 0.3 is 218 Å². The molecule has 0 aromatic heterocycles. The van der Waals surface area contributed by atoms with Crippen molar-refractivity contribution in [3.8, 4) is 11.5 Å². The Morgan fingerprint density at radius 2 is 1.49 bits per heavy atom. The van der Waals surface area contributed by atoms with E-state index in [0.717, 1.165) is 0 Å². The van der Waals surface area contributed by atoms with Gasteiger partial charge < -0.3 is 0 Å². The average Bonchev–Trinajstić information content (AvgIpc) is 2.82. The summed E-state index contributed by atoms with van der Waals surface area (Å²) in [7, 11) is 9.94. The van der Waals surface area contributed by atoms with Gasteiger partial charge in [-0.15, -0.1) is 0 Å². The second kappa shape index (κ2) is 12.1. The van der Waals surface area contributed by atoms with Gasteiger partial charge in [-0.05, 0) is 0 Å². The third-order valence-corrected chi connectivity index (χ3v) is 11.2. The van der Waals surface area contributed by atoms with Gasteiger partial charge in [-0.3, -0.25) is 0 Å². The number of nitrogens with one attached hydrogen (secondary N) is 1. The van der Waals surface area contributed by atoms with E-state index in [2.05, 4.69) is 5.32 Å². The molecule has 1 amide bonds. The molecule has 1 unspecified atom stereocenters. The number of hydrogen-bond acceptors (Lipinski definition) is 6. The number of rotatable bonds is 11. The van der Waals surface area contributed by atoms with Crippen LogP contribution in [0.25, 0.3) is 0 Å². The van der Waals surface area contributed by atoms with Crippen molar-refractivity contribution in [3.05, 3.63) is 101 Å². The summed E-state index contributed by atoms with van der Waals surface area (Å²) in [6.07, 6.45) is -0.140. The van der Waals surface area contributed by atoms with E-state index in [1.807, 2.05) is 0 Å². The molecule has 0 aliphatic heterocycles. The Morgan fingerprint density at radius 3 is 1.97 bits per heavy atom. The number of carbonyl (C=O) groups excluding carboxylic acids is 1. The Bertz CT molecular complexity index is 1170. The summed E-state index contributed by atoms with van der Waals surface area (Å²) in [5.74, 6) is -1.55. The third-order valence-electron chi connectivity index (χ3n) is 4.60. The van der Waals surface area contributed by atoms with E-state index in [1.165, 1.54) is 24.3 Å². The van der Waals surface area contributed by atoms with Crippen LogP contribution >= 0.6 is 37.6 Å². The second-order valence-electron chi connectivity index (χ2n) is 7.29. The molecule has 3 aromatic carbocycles. The molecular weight excluding hydrogens is 598 g/mol. The number of benzene rings is 3. The standard InChI is InChI=1S/C22H20Cl3GeN2O6P/c23-26(24,25)15-14-21(29)27-22(17-8-7-9-18(16-17)28(30)31)35(32,33-19-10-3-1-4-11-19)34-20-12-5-2-6-13-20/h1-13,16,22H,14-15H2,(H,27,29). The van der Waals surface area contributed by atoms with E-state index in [1.54, 1.807) is 60.7 Å². The molecule has 0 heterocycles. The van der Waals surface area contributed by atoms with Crippen molar-refractivity contribution < 1.29 is 23.3 Å². The summed E-state index contributed by atoms with van der Waals surface area (Å²) >= 11 is 0. The summed E-state index contributed by atoms with van der Waals surface area (Å²) in [6.45, 7) is 0. The molecule has 3 rings (SSSR count). The molecule has 0 radical (unpaired) electrons. The van der Waals surface area contributed by atoms with Crippen LogP contribution in [0.1, 0.15) is 17.8 Å². The van der Waals surface area contributed by atoms with Crippen LogP contribution < -0.4 is 14.4 Å². The molecule has 0 spiro atoms. The van der Waals surface area contributed by atoms with Crippen molar-refractivity contribution in [2.75, 3.05) is 0 Å². The van der Waals surface area contributed by atoms with Gasteiger partial charge in [0.05, 0.1) is 0 Å². The fourth-order valence-corrected chi connectivity index (χ4v) is 7.47. The first-order valence-corrected chi connectivity index (χ1v) is 21.6. The van der Waals surface area contributed by atoms with Crippen molar-refractivity contribution in [2.24, 2.45) is 0 Å². The van der Waals surface area contributed by atoms with Gasteiger partial charge in [0.1, 0.15) is 0 Å². The van der Waals surface area contributed by atoms with E-state index in [9.17, 15) is 19.5 Å². The predicted molar refractivity (Wildman–Crippen MR) is 138 cm³/mol.